The molecule has 28 heavy (non-hydrogen) atoms. The van der Waals surface area contributed by atoms with Crippen molar-refractivity contribution in [3.8, 4) is 0 Å². The van der Waals surface area contributed by atoms with Crippen LogP contribution in [-0.2, 0) is 23.2 Å². The van der Waals surface area contributed by atoms with Crippen LogP contribution < -0.4 is 5.32 Å². The van der Waals surface area contributed by atoms with Crippen LogP contribution in [0.15, 0.2) is 48.5 Å². The number of aryl methyl sites for hydroxylation is 2. The molecule has 0 aromatic heterocycles. The number of benzene rings is 2. The van der Waals surface area contributed by atoms with E-state index in [1.165, 1.54) is 11.1 Å². The zero-order valence-corrected chi connectivity index (χ0v) is 16.0. The van der Waals surface area contributed by atoms with Crippen LogP contribution >= 0.6 is 0 Å². The van der Waals surface area contributed by atoms with Crippen LogP contribution in [0.2, 0.25) is 0 Å². The maximum atomic E-state index is 13.3. The van der Waals surface area contributed by atoms with Crippen LogP contribution in [0.5, 0.6) is 0 Å². The molecule has 2 aromatic rings. The van der Waals surface area contributed by atoms with Gasteiger partial charge in [-0.3, -0.25) is 14.5 Å². The Bertz CT molecular complexity index is 938. The lowest BCUT2D eigenvalue weighted by molar-refractivity contribution is -0.131. The third-order valence-corrected chi connectivity index (χ3v) is 5.79. The molecule has 1 atom stereocenters. The molecule has 1 saturated heterocycles. The monoisotopic (exact) mass is 376 g/mol. The number of fused-ring (bicyclic) bond motifs is 1. The standard InChI is InChI=1S/C23H24N2O3/c1-2-13-23(19-9-4-3-5-10-19)21(27)25(22(28)24-23)15-20(26)18-12-11-16-7-6-8-17(16)14-18/h3-5,9-12,14H,2,6-8,13,15H2,1H3,(H,24,28)/t23-/m0/s1. The molecule has 1 aliphatic carbocycles. The van der Waals surface area contributed by atoms with Crippen LogP contribution in [0.4, 0.5) is 4.79 Å². The van der Waals surface area contributed by atoms with Gasteiger partial charge < -0.3 is 5.32 Å². The molecule has 0 bridgehead atoms. The summed E-state index contributed by atoms with van der Waals surface area (Å²) in [5.74, 6) is -0.557. The van der Waals surface area contributed by atoms with Crippen molar-refractivity contribution in [1.82, 2.24) is 10.2 Å². The quantitative estimate of drug-likeness (QED) is 0.619. The summed E-state index contributed by atoms with van der Waals surface area (Å²) in [6, 6.07) is 14.5. The van der Waals surface area contributed by atoms with Gasteiger partial charge in [0.15, 0.2) is 5.78 Å². The average Bonchev–Trinajstić information content (AvgIpc) is 3.27. The zero-order chi connectivity index (χ0) is 19.7. The molecule has 5 nitrogen and oxygen atoms in total. The molecule has 2 aliphatic rings. The zero-order valence-electron chi connectivity index (χ0n) is 16.0. The number of ketones is 1. The summed E-state index contributed by atoms with van der Waals surface area (Å²) in [7, 11) is 0. The van der Waals surface area contributed by atoms with Gasteiger partial charge in [0.25, 0.3) is 5.91 Å². The van der Waals surface area contributed by atoms with E-state index in [0.29, 0.717) is 12.0 Å². The van der Waals surface area contributed by atoms with Crippen LogP contribution in [0.1, 0.15) is 53.2 Å². The van der Waals surface area contributed by atoms with Gasteiger partial charge in [0.05, 0.1) is 6.54 Å². The van der Waals surface area contributed by atoms with Gasteiger partial charge in [0.2, 0.25) is 0 Å². The van der Waals surface area contributed by atoms with Crippen molar-refractivity contribution in [1.29, 1.82) is 0 Å². The van der Waals surface area contributed by atoms with Gasteiger partial charge in [-0.2, -0.15) is 0 Å². The van der Waals surface area contributed by atoms with E-state index in [-0.39, 0.29) is 18.2 Å². The van der Waals surface area contributed by atoms with E-state index in [2.05, 4.69) is 5.32 Å². The lowest BCUT2D eigenvalue weighted by Crippen LogP contribution is -2.44. The van der Waals surface area contributed by atoms with Crippen molar-refractivity contribution in [3.05, 3.63) is 70.8 Å². The molecule has 0 spiro atoms. The minimum absolute atomic E-state index is 0.210. The topological polar surface area (TPSA) is 66.5 Å². The van der Waals surface area contributed by atoms with E-state index in [4.69, 9.17) is 0 Å². The fourth-order valence-corrected chi connectivity index (χ4v) is 4.36. The number of urea groups is 1. The molecule has 0 saturated carbocycles. The Hall–Kier alpha value is -2.95. The number of rotatable bonds is 6. The Kier molecular flexibility index (Phi) is 4.75. The predicted molar refractivity (Wildman–Crippen MR) is 106 cm³/mol. The molecule has 0 unspecified atom stereocenters. The molecule has 0 radical (unpaired) electrons. The summed E-state index contributed by atoms with van der Waals surface area (Å²) >= 11 is 0. The van der Waals surface area contributed by atoms with Gasteiger partial charge in [-0.05, 0) is 48.4 Å². The van der Waals surface area contributed by atoms with Crippen LogP contribution in [0.25, 0.3) is 0 Å². The second-order valence-corrected chi connectivity index (χ2v) is 7.60. The first-order valence-corrected chi connectivity index (χ1v) is 9.90. The minimum atomic E-state index is -1.09. The fourth-order valence-electron chi connectivity index (χ4n) is 4.36. The van der Waals surface area contributed by atoms with Crippen molar-refractivity contribution in [2.24, 2.45) is 0 Å². The van der Waals surface area contributed by atoms with E-state index in [1.54, 1.807) is 6.07 Å². The van der Waals surface area contributed by atoms with Gasteiger partial charge in [0.1, 0.15) is 5.54 Å². The Morgan fingerprint density at radius 1 is 1.07 bits per heavy atom. The first-order chi connectivity index (χ1) is 13.5. The Morgan fingerprint density at radius 2 is 1.82 bits per heavy atom. The number of Topliss-reactive ketones (excluding diaryl/α,β-unsaturated/α-hetero) is 1. The van der Waals surface area contributed by atoms with E-state index in [1.807, 2.05) is 49.4 Å². The minimum Gasteiger partial charge on any atom is -0.319 e. The third kappa shape index (κ3) is 3.01. The molecular formula is C23H24N2O3. The lowest BCUT2D eigenvalue weighted by Gasteiger charge is -2.26. The van der Waals surface area contributed by atoms with Crippen molar-refractivity contribution >= 4 is 17.7 Å². The molecule has 4 rings (SSSR count). The summed E-state index contributed by atoms with van der Waals surface area (Å²) in [5.41, 5.74) is 2.72. The molecular weight excluding hydrogens is 352 g/mol. The molecule has 2 aromatic carbocycles. The average molecular weight is 376 g/mol. The summed E-state index contributed by atoms with van der Waals surface area (Å²) < 4.78 is 0. The normalized spacial score (nSPS) is 21.0. The van der Waals surface area contributed by atoms with Crippen LogP contribution in [-0.4, -0.2) is 29.2 Å². The van der Waals surface area contributed by atoms with E-state index < -0.39 is 11.6 Å². The maximum Gasteiger partial charge on any atom is 0.325 e. The number of carbonyl (C=O) groups is 3. The first-order valence-electron chi connectivity index (χ1n) is 9.90. The molecule has 5 heteroatoms. The van der Waals surface area contributed by atoms with E-state index in [0.717, 1.165) is 36.1 Å². The van der Waals surface area contributed by atoms with Gasteiger partial charge >= 0.3 is 6.03 Å². The molecule has 1 fully saturated rings. The van der Waals surface area contributed by atoms with Crippen LogP contribution in [0.3, 0.4) is 0 Å². The summed E-state index contributed by atoms with van der Waals surface area (Å²) in [5, 5.41) is 2.87. The van der Waals surface area contributed by atoms with Crippen molar-refractivity contribution in [2.45, 2.75) is 44.6 Å². The molecule has 3 amide bonds. The second-order valence-electron chi connectivity index (χ2n) is 7.60. The first kappa shape index (κ1) is 18.4. The van der Waals surface area contributed by atoms with Crippen molar-refractivity contribution in [2.75, 3.05) is 6.54 Å². The number of hydrogen-bond acceptors (Lipinski definition) is 3. The maximum absolute atomic E-state index is 13.3. The highest BCUT2D eigenvalue weighted by molar-refractivity contribution is 6.11. The predicted octanol–water partition coefficient (Wildman–Crippen LogP) is 3.61. The van der Waals surface area contributed by atoms with Gasteiger partial charge in [-0.25, -0.2) is 4.79 Å². The van der Waals surface area contributed by atoms with Crippen LogP contribution in [0, 0.1) is 0 Å². The Labute approximate surface area is 164 Å². The number of nitrogens with zero attached hydrogens (tertiary/aromatic N) is 1. The van der Waals surface area contributed by atoms with Gasteiger partial charge in [-0.1, -0.05) is 55.8 Å². The highest BCUT2D eigenvalue weighted by Crippen LogP contribution is 2.33. The highest BCUT2D eigenvalue weighted by atomic mass is 16.2. The smallest absolute Gasteiger partial charge is 0.319 e. The Balaban J connectivity index is 1.59. The summed E-state index contributed by atoms with van der Waals surface area (Å²) in [6.07, 6.45) is 4.36. The SMILES string of the molecule is CCC[C@@]1(c2ccccc2)NC(=O)N(CC(=O)c2ccc3c(c2)CCC3)C1=O. The number of nitrogens with one attached hydrogen (secondary N) is 1. The summed E-state index contributed by atoms with van der Waals surface area (Å²) in [6.45, 7) is 1.74. The van der Waals surface area contributed by atoms with Gasteiger partial charge in [-0.15, -0.1) is 0 Å². The van der Waals surface area contributed by atoms with E-state index >= 15 is 0 Å². The number of carbonyl (C=O) groups excluding carboxylic acids is 3. The molecule has 1 heterocycles. The van der Waals surface area contributed by atoms with Crippen molar-refractivity contribution in [3.63, 3.8) is 0 Å². The second kappa shape index (κ2) is 7.23. The number of hydrogen-bond donors (Lipinski definition) is 1. The summed E-state index contributed by atoms with van der Waals surface area (Å²) in [4.78, 5) is 39.8. The molecule has 144 valence electrons. The highest BCUT2D eigenvalue weighted by Gasteiger charge is 2.52. The fraction of sp³-hybridized carbons (Fsp3) is 0.348. The largest absolute Gasteiger partial charge is 0.325 e. The third-order valence-electron chi connectivity index (χ3n) is 5.79. The molecule has 1 aliphatic heterocycles. The van der Waals surface area contributed by atoms with Crippen molar-refractivity contribution < 1.29 is 14.4 Å². The lowest BCUT2D eigenvalue weighted by atomic mass is 9.85. The number of imide groups is 1. The Morgan fingerprint density at radius 3 is 2.57 bits per heavy atom. The number of amides is 3. The van der Waals surface area contributed by atoms with E-state index in [9.17, 15) is 14.4 Å². The van der Waals surface area contributed by atoms with Gasteiger partial charge in [0, 0.05) is 5.56 Å². The molecule has 1 N–H and O–H groups in total.